The Kier molecular flexibility index (Phi) is 4.59. The highest BCUT2D eigenvalue weighted by Crippen LogP contribution is 2.18. The molecular weight excluding hydrogens is 324 g/mol. The summed E-state index contributed by atoms with van der Waals surface area (Å²) < 4.78 is 32.7. The van der Waals surface area contributed by atoms with Gasteiger partial charge in [0.05, 0.1) is 11.5 Å². The SMILES string of the molecule is CCOc1ccc(S(=O)(=O)NCc2ccc3[nH]c(C)cc3c2)cc1. The zero-order chi connectivity index (χ0) is 17.2. The highest BCUT2D eigenvalue weighted by molar-refractivity contribution is 7.89. The first kappa shape index (κ1) is 16.5. The number of hydrogen-bond acceptors (Lipinski definition) is 3. The summed E-state index contributed by atoms with van der Waals surface area (Å²) >= 11 is 0. The molecule has 126 valence electrons. The van der Waals surface area contributed by atoms with Crippen LogP contribution in [-0.2, 0) is 16.6 Å². The minimum absolute atomic E-state index is 0.226. The van der Waals surface area contributed by atoms with E-state index in [9.17, 15) is 8.42 Å². The van der Waals surface area contributed by atoms with Gasteiger partial charge in [0.15, 0.2) is 0 Å². The average molecular weight is 344 g/mol. The molecule has 0 saturated heterocycles. The molecule has 0 aliphatic carbocycles. The minimum Gasteiger partial charge on any atom is -0.494 e. The second-order valence-corrected chi connectivity index (χ2v) is 7.37. The number of nitrogens with one attached hydrogen (secondary N) is 2. The fourth-order valence-corrected chi connectivity index (χ4v) is 3.60. The van der Waals surface area contributed by atoms with E-state index in [-0.39, 0.29) is 11.4 Å². The molecule has 0 atom stereocenters. The number of hydrogen-bond donors (Lipinski definition) is 2. The maximum atomic E-state index is 12.4. The van der Waals surface area contributed by atoms with Gasteiger partial charge in [-0.15, -0.1) is 0 Å². The van der Waals surface area contributed by atoms with Crippen molar-refractivity contribution in [1.82, 2.24) is 9.71 Å². The summed E-state index contributed by atoms with van der Waals surface area (Å²) in [5, 5.41) is 1.07. The van der Waals surface area contributed by atoms with Crippen LogP contribution in [0.1, 0.15) is 18.2 Å². The lowest BCUT2D eigenvalue weighted by molar-refractivity contribution is 0.340. The van der Waals surface area contributed by atoms with Gasteiger partial charge in [-0.1, -0.05) is 6.07 Å². The summed E-state index contributed by atoms with van der Waals surface area (Å²) in [5.74, 6) is 0.657. The molecule has 2 aromatic carbocycles. The van der Waals surface area contributed by atoms with Crippen LogP contribution in [0.25, 0.3) is 10.9 Å². The molecule has 0 bridgehead atoms. The molecule has 5 nitrogen and oxygen atoms in total. The highest BCUT2D eigenvalue weighted by Gasteiger charge is 2.14. The highest BCUT2D eigenvalue weighted by atomic mass is 32.2. The van der Waals surface area contributed by atoms with Crippen LogP contribution in [0.15, 0.2) is 53.4 Å². The molecule has 6 heteroatoms. The fourth-order valence-electron chi connectivity index (χ4n) is 2.58. The van der Waals surface area contributed by atoms with Crippen molar-refractivity contribution in [1.29, 1.82) is 0 Å². The van der Waals surface area contributed by atoms with Crippen LogP contribution in [-0.4, -0.2) is 20.0 Å². The number of H-pyrrole nitrogens is 1. The second-order valence-electron chi connectivity index (χ2n) is 5.60. The van der Waals surface area contributed by atoms with E-state index in [1.807, 2.05) is 38.1 Å². The van der Waals surface area contributed by atoms with Crippen LogP contribution in [0.4, 0.5) is 0 Å². The van der Waals surface area contributed by atoms with Crippen molar-refractivity contribution in [3.05, 3.63) is 59.8 Å². The van der Waals surface area contributed by atoms with E-state index in [0.717, 1.165) is 22.2 Å². The van der Waals surface area contributed by atoms with E-state index < -0.39 is 10.0 Å². The maximum Gasteiger partial charge on any atom is 0.240 e. The van der Waals surface area contributed by atoms with Gasteiger partial charge in [-0.2, -0.15) is 0 Å². The molecule has 0 saturated carbocycles. The van der Waals surface area contributed by atoms with Crippen LogP contribution < -0.4 is 9.46 Å². The van der Waals surface area contributed by atoms with Crippen molar-refractivity contribution in [3.63, 3.8) is 0 Å². The predicted molar refractivity (Wildman–Crippen MR) is 94.7 cm³/mol. The van der Waals surface area contributed by atoms with Crippen molar-refractivity contribution >= 4 is 20.9 Å². The van der Waals surface area contributed by atoms with Crippen molar-refractivity contribution < 1.29 is 13.2 Å². The number of ether oxygens (including phenoxy) is 1. The standard InChI is InChI=1S/C18H20N2O3S/c1-3-23-16-5-7-17(8-6-16)24(21,22)19-12-14-4-9-18-15(11-14)10-13(2)20-18/h4-11,19-20H,3,12H2,1-2H3. The lowest BCUT2D eigenvalue weighted by Crippen LogP contribution is -2.23. The number of benzene rings is 2. The minimum atomic E-state index is -3.55. The lowest BCUT2D eigenvalue weighted by atomic mass is 10.1. The van der Waals surface area contributed by atoms with E-state index in [1.165, 1.54) is 0 Å². The molecule has 3 aromatic rings. The third-order valence-corrected chi connectivity index (χ3v) is 5.15. The summed E-state index contributed by atoms with van der Waals surface area (Å²) in [4.78, 5) is 3.48. The number of sulfonamides is 1. The monoisotopic (exact) mass is 344 g/mol. The molecule has 0 fully saturated rings. The maximum absolute atomic E-state index is 12.4. The Labute approximate surface area is 141 Å². The molecule has 3 rings (SSSR count). The van der Waals surface area contributed by atoms with Gasteiger partial charge in [-0.3, -0.25) is 0 Å². The topological polar surface area (TPSA) is 71.2 Å². The van der Waals surface area contributed by atoms with Gasteiger partial charge in [0.2, 0.25) is 10.0 Å². The summed E-state index contributed by atoms with van der Waals surface area (Å²) in [6.45, 7) is 4.67. The molecule has 2 N–H and O–H groups in total. The quantitative estimate of drug-likeness (QED) is 0.720. The molecule has 0 unspecified atom stereocenters. The third-order valence-electron chi connectivity index (χ3n) is 3.73. The molecule has 0 amide bonds. The third kappa shape index (κ3) is 3.60. The fraction of sp³-hybridized carbons (Fsp3) is 0.222. The van der Waals surface area contributed by atoms with E-state index >= 15 is 0 Å². The Morgan fingerprint density at radius 1 is 1.08 bits per heavy atom. The van der Waals surface area contributed by atoms with E-state index in [1.54, 1.807) is 24.3 Å². The Hall–Kier alpha value is -2.31. The summed E-state index contributed by atoms with van der Waals surface area (Å²) in [6, 6.07) is 14.3. The molecule has 1 heterocycles. The zero-order valence-corrected chi connectivity index (χ0v) is 14.5. The molecule has 0 spiro atoms. The van der Waals surface area contributed by atoms with Crippen LogP contribution in [0, 0.1) is 6.92 Å². The lowest BCUT2D eigenvalue weighted by Gasteiger charge is -2.08. The van der Waals surface area contributed by atoms with Crippen LogP contribution in [0.5, 0.6) is 5.75 Å². The molecule has 24 heavy (non-hydrogen) atoms. The zero-order valence-electron chi connectivity index (χ0n) is 13.7. The Morgan fingerprint density at radius 2 is 1.83 bits per heavy atom. The normalized spacial score (nSPS) is 11.8. The van der Waals surface area contributed by atoms with E-state index in [4.69, 9.17) is 4.74 Å². The molecule has 0 radical (unpaired) electrons. The van der Waals surface area contributed by atoms with Crippen LogP contribution >= 0.6 is 0 Å². The summed E-state index contributed by atoms with van der Waals surface area (Å²) in [5.41, 5.74) is 3.04. The number of aryl methyl sites for hydroxylation is 1. The first-order valence-electron chi connectivity index (χ1n) is 7.79. The predicted octanol–water partition coefficient (Wildman–Crippen LogP) is 3.35. The van der Waals surface area contributed by atoms with Gasteiger partial charge in [-0.05, 0) is 67.3 Å². The Bertz CT molecular complexity index is 944. The van der Waals surface area contributed by atoms with Crippen molar-refractivity contribution in [3.8, 4) is 5.75 Å². The van der Waals surface area contributed by atoms with E-state index in [2.05, 4.69) is 9.71 Å². The number of fused-ring (bicyclic) bond motifs is 1. The molecule has 0 aliphatic rings. The van der Waals surface area contributed by atoms with Crippen molar-refractivity contribution in [2.45, 2.75) is 25.3 Å². The van der Waals surface area contributed by atoms with Gasteiger partial charge in [0.1, 0.15) is 5.75 Å². The number of aromatic nitrogens is 1. The second kappa shape index (κ2) is 6.67. The number of rotatable bonds is 6. The molecule has 1 aromatic heterocycles. The van der Waals surface area contributed by atoms with Gasteiger partial charge in [-0.25, -0.2) is 13.1 Å². The average Bonchev–Trinajstić information content (AvgIpc) is 2.93. The Morgan fingerprint density at radius 3 is 2.54 bits per heavy atom. The van der Waals surface area contributed by atoms with Crippen LogP contribution in [0.3, 0.4) is 0 Å². The van der Waals surface area contributed by atoms with Crippen molar-refractivity contribution in [2.24, 2.45) is 0 Å². The van der Waals surface area contributed by atoms with Gasteiger partial charge < -0.3 is 9.72 Å². The Balaban J connectivity index is 1.73. The summed E-state index contributed by atoms with van der Waals surface area (Å²) in [7, 11) is -3.55. The number of aromatic amines is 1. The molecular formula is C18H20N2O3S. The van der Waals surface area contributed by atoms with Gasteiger partial charge >= 0.3 is 0 Å². The van der Waals surface area contributed by atoms with Crippen LogP contribution in [0.2, 0.25) is 0 Å². The first-order chi connectivity index (χ1) is 11.5. The van der Waals surface area contributed by atoms with Crippen molar-refractivity contribution in [2.75, 3.05) is 6.61 Å². The van der Waals surface area contributed by atoms with Gasteiger partial charge in [0, 0.05) is 17.8 Å². The van der Waals surface area contributed by atoms with E-state index in [0.29, 0.717) is 12.4 Å². The summed E-state index contributed by atoms with van der Waals surface area (Å²) in [6.07, 6.45) is 0. The first-order valence-corrected chi connectivity index (χ1v) is 9.27. The molecule has 0 aliphatic heterocycles. The van der Waals surface area contributed by atoms with Gasteiger partial charge in [0.25, 0.3) is 0 Å². The largest absolute Gasteiger partial charge is 0.494 e. The smallest absolute Gasteiger partial charge is 0.240 e.